The van der Waals surface area contributed by atoms with Crippen LogP contribution in [0.25, 0.3) is 22.6 Å². The molecule has 7 heterocycles. The number of pyridine rings is 1. The number of anilines is 3. The average molecular weight is 501 g/mol. The summed E-state index contributed by atoms with van der Waals surface area (Å²) in [5, 5.41) is 14.9. The number of fused-ring (bicyclic) bond motifs is 2. The Labute approximate surface area is 214 Å². The lowest BCUT2D eigenvalue weighted by molar-refractivity contribution is 0.0974. The highest BCUT2D eigenvalue weighted by atomic mass is 16.5. The number of rotatable bonds is 3. The number of hydrogen-bond donors (Lipinski definition) is 3. The molecule has 2 fully saturated rings. The predicted octanol–water partition coefficient (Wildman–Crippen LogP) is 3.12. The minimum absolute atomic E-state index is 0.0820. The first-order valence-corrected chi connectivity index (χ1v) is 13.1. The van der Waals surface area contributed by atoms with E-state index in [-0.39, 0.29) is 17.6 Å². The van der Waals surface area contributed by atoms with E-state index in [1.807, 2.05) is 18.3 Å². The Morgan fingerprint density at radius 3 is 2.70 bits per heavy atom. The van der Waals surface area contributed by atoms with Crippen molar-refractivity contribution in [3.63, 3.8) is 0 Å². The molecule has 0 unspecified atom stereocenters. The summed E-state index contributed by atoms with van der Waals surface area (Å²) >= 11 is 0. The van der Waals surface area contributed by atoms with E-state index in [9.17, 15) is 0 Å². The van der Waals surface area contributed by atoms with Gasteiger partial charge in [-0.25, -0.2) is 15.0 Å². The molecular formula is C26H32N10O. The van der Waals surface area contributed by atoms with Gasteiger partial charge in [0, 0.05) is 43.2 Å². The van der Waals surface area contributed by atoms with E-state index >= 15 is 0 Å². The SMILES string of the molecule is C[C@@H]1CCN(c2n[nH]c3nc(N4CCC5(CC4)CO[C@@H](C)[C@H]5N)cnc23)c2ccc(-c3ccn[nH]3)nc21. The van der Waals surface area contributed by atoms with Crippen molar-refractivity contribution in [1.29, 1.82) is 0 Å². The second-order valence-electron chi connectivity index (χ2n) is 10.8. The molecule has 3 atom stereocenters. The van der Waals surface area contributed by atoms with E-state index in [1.165, 1.54) is 0 Å². The van der Waals surface area contributed by atoms with Crippen LogP contribution in [0.3, 0.4) is 0 Å². The number of nitrogens with one attached hydrogen (secondary N) is 2. The van der Waals surface area contributed by atoms with Gasteiger partial charge in [0.2, 0.25) is 0 Å². The minimum Gasteiger partial charge on any atom is -0.376 e. The standard InChI is InChI=1S/C26H32N10O/c1-15-6-10-36(19-4-3-17(30-21(15)19)18-5-9-29-32-18)25-22-24(33-34-25)31-20(13-28-22)35-11-7-26(8-12-35)14-37-16(2)23(26)27/h3-5,9,13,15-16,23H,6-8,10-12,14,27H2,1-2H3,(H,29,32)(H,31,33,34)/t15-,16+,23-/m1/s1. The van der Waals surface area contributed by atoms with Crippen molar-refractivity contribution in [3.05, 3.63) is 36.3 Å². The Kier molecular flexibility index (Phi) is 5.19. The topological polar surface area (TPSA) is 138 Å². The molecule has 1 spiro atoms. The van der Waals surface area contributed by atoms with Crippen molar-refractivity contribution in [2.45, 2.75) is 51.2 Å². The van der Waals surface area contributed by atoms with Gasteiger partial charge in [0.25, 0.3) is 0 Å². The zero-order chi connectivity index (χ0) is 25.1. The Morgan fingerprint density at radius 1 is 1.08 bits per heavy atom. The Morgan fingerprint density at radius 2 is 1.95 bits per heavy atom. The van der Waals surface area contributed by atoms with Crippen molar-refractivity contribution in [2.75, 3.05) is 36.0 Å². The molecule has 0 aliphatic carbocycles. The van der Waals surface area contributed by atoms with Gasteiger partial charge in [0.1, 0.15) is 5.82 Å². The van der Waals surface area contributed by atoms with Crippen molar-refractivity contribution in [3.8, 4) is 11.4 Å². The second kappa shape index (κ2) is 8.49. The number of aromatic nitrogens is 7. The molecule has 7 rings (SSSR count). The zero-order valence-corrected chi connectivity index (χ0v) is 21.2. The smallest absolute Gasteiger partial charge is 0.183 e. The summed E-state index contributed by atoms with van der Waals surface area (Å²) < 4.78 is 5.88. The molecule has 3 aliphatic heterocycles. The van der Waals surface area contributed by atoms with Crippen molar-refractivity contribution in [1.82, 2.24) is 35.3 Å². The molecule has 3 aliphatic rings. The molecular weight excluding hydrogens is 468 g/mol. The summed E-state index contributed by atoms with van der Waals surface area (Å²) in [7, 11) is 0. The molecule has 0 aromatic carbocycles. The Balaban J connectivity index is 1.15. The van der Waals surface area contributed by atoms with E-state index in [1.54, 1.807) is 6.20 Å². The van der Waals surface area contributed by atoms with E-state index in [2.05, 4.69) is 50.1 Å². The van der Waals surface area contributed by atoms with Gasteiger partial charge in [-0.2, -0.15) is 10.2 Å². The normalized spacial score (nSPS) is 25.2. The molecule has 4 aromatic heterocycles. The van der Waals surface area contributed by atoms with Crippen LogP contribution in [0, 0.1) is 5.41 Å². The molecule has 0 amide bonds. The van der Waals surface area contributed by atoms with Crippen LogP contribution < -0.4 is 15.5 Å². The van der Waals surface area contributed by atoms with Crippen LogP contribution in [0.2, 0.25) is 0 Å². The number of ether oxygens (including phenoxy) is 1. The van der Waals surface area contributed by atoms with E-state index < -0.39 is 0 Å². The van der Waals surface area contributed by atoms with Gasteiger partial charge in [-0.3, -0.25) is 10.2 Å². The fraction of sp³-hybridized carbons (Fsp3) is 0.500. The van der Waals surface area contributed by atoms with Gasteiger partial charge in [-0.15, -0.1) is 0 Å². The monoisotopic (exact) mass is 500 g/mol. The minimum atomic E-state index is 0.0820. The second-order valence-corrected chi connectivity index (χ2v) is 10.8. The molecule has 11 nitrogen and oxygen atoms in total. The number of aromatic amines is 2. The molecule has 0 saturated carbocycles. The summed E-state index contributed by atoms with van der Waals surface area (Å²) in [6.07, 6.45) is 6.73. The van der Waals surface area contributed by atoms with Crippen molar-refractivity contribution >= 4 is 28.5 Å². The molecule has 192 valence electrons. The van der Waals surface area contributed by atoms with Crippen LogP contribution in [0.1, 0.15) is 44.7 Å². The van der Waals surface area contributed by atoms with Gasteiger partial charge in [-0.1, -0.05) is 6.92 Å². The number of H-pyrrole nitrogens is 2. The fourth-order valence-corrected chi connectivity index (χ4v) is 6.18. The predicted molar refractivity (Wildman–Crippen MR) is 141 cm³/mol. The average Bonchev–Trinajstić information content (AvgIpc) is 3.67. The van der Waals surface area contributed by atoms with Gasteiger partial charge >= 0.3 is 0 Å². The number of nitrogens with two attached hydrogens (primary N) is 1. The van der Waals surface area contributed by atoms with Crippen molar-refractivity contribution in [2.24, 2.45) is 11.1 Å². The van der Waals surface area contributed by atoms with Crippen LogP contribution >= 0.6 is 0 Å². The van der Waals surface area contributed by atoms with Crippen LogP contribution in [-0.2, 0) is 4.74 Å². The van der Waals surface area contributed by atoms with Crippen LogP contribution in [0.5, 0.6) is 0 Å². The lowest BCUT2D eigenvalue weighted by Crippen LogP contribution is -2.50. The summed E-state index contributed by atoms with van der Waals surface area (Å²) in [6.45, 7) is 7.70. The maximum Gasteiger partial charge on any atom is 0.183 e. The third-order valence-electron chi connectivity index (χ3n) is 8.65. The molecule has 37 heavy (non-hydrogen) atoms. The van der Waals surface area contributed by atoms with Gasteiger partial charge < -0.3 is 20.3 Å². The Hall–Kier alpha value is -3.57. The first-order chi connectivity index (χ1) is 18.0. The lowest BCUT2D eigenvalue weighted by atomic mass is 9.73. The number of hydrogen-bond acceptors (Lipinski definition) is 9. The highest BCUT2D eigenvalue weighted by Crippen LogP contribution is 2.43. The largest absolute Gasteiger partial charge is 0.376 e. The first-order valence-electron chi connectivity index (χ1n) is 13.1. The fourth-order valence-electron chi connectivity index (χ4n) is 6.18. The summed E-state index contributed by atoms with van der Waals surface area (Å²) in [5.41, 5.74) is 12.0. The van der Waals surface area contributed by atoms with Crippen molar-refractivity contribution < 1.29 is 4.74 Å². The molecule has 4 N–H and O–H groups in total. The maximum absolute atomic E-state index is 6.50. The number of piperidine rings is 1. The van der Waals surface area contributed by atoms with Gasteiger partial charge in [-0.05, 0) is 44.4 Å². The van der Waals surface area contributed by atoms with E-state index in [0.29, 0.717) is 11.6 Å². The van der Waals surface area contributed by atoms with Gasteiger partial charge in [0.15, 0.2) is 17.0 Å². The third kappa shape index (κ3) is 3.59. The zero-order valence-electron chi connectivity index (χ0n) is 21.2. The Bertz CT molecular complexity index is 1420. The summed E-state index contributed by atoms with van der Waals surface area (Å²) in [5.74, 6) is 2.01. The highest BCUT2D eigenvalue weighted by Gasteiger charge is 2.47. The molecule has 0 bridgehead atoms. The molecule has 0 radical (unpaired) electrons. The van der Waals surface area contributed by atoms with E-state index in [4.69, 9.17) is 25.4 Å². The highest BCUT2D eigenvalue weighted by molar-refractivity contribution is 5.88. The summed E-state index contributed by atoms with van der Waals surface area (Å²) in [4.78, 5) is 19.2. The van der Waals surface area contributed by atoms with Gasteiger partial charge in [0.05, 0.1) is 41.7 Å². The molecule has 4 aromatic rings. The summed E-state index contributed by atoms with van der Waals surface area (Å²) in [6, 6.07) is 6.19. The van der Waals surface area contributed by atoms with Crippen LogP contribution in [-0.4, -0.2) is 73.7 Å². The quantitative estimate of drug-likeness (QED) is 0.387. The third-order valence-corrected chi connectivity index (χ3v) is 8.65. The maximum atomic E-state index is 6.50. The van der Waals surface area contributed by atoms with E-state index in [0.717, 1.165) is 85.4 Å². The van der Waals surface area contributed by atoms with Crippen LogP contribution in [0.4, 0.5) is 17.3 Å². The van der Waals surface area contributed by atoms with Crippen LogP contribution in [0.15, 0.2) is 30.6 Å². The molecule has 2 saturated heterocycles. The molecule has 11 heteroatoms. The first kappa shape index (κ1) is 22.6. The number of nitrogens with zero attached hydrogens (tertiary/aromatic N) is 7. The lowest BCUT2D eigenvalue weighted by Gasteiger charge is -2.41.